The van der Waals surface area contributed by atoms with Crippen LogP contribution in [0.15, 0.2) is 30.6 Å². The SMILES string of the molecule is COc1cc(C(=O)N2CCCC(Oc3ncccn3)C2)c([N+](=O)[O-])cc1OC. The summed E-state index contributed by atoms with van der Waals surface area (Å²) < 4.78 is 16.0. The molecule has 1 aliphatic rings. The predicted octanol–water partition coefficient (Wildman–Crippen LogP) is 2.09. The monoisotopic (exact) mass is 388 g/mol. The van der Waals surface area contributed by atoms with Crippen LogP contribution in [0.2, 0.25) is 0 Å². The largest absolute Gasteiger partial charge is 0.493 e. The Labute approximate surface area is 161 Å². The van der Waals surface area contributed by atoms with Crippen LogP contribution in [0, 0.1) is 10.1 Å². The summed E-state index contributed by atoms with van der Waals surface area (Å²) in [5, 5.41) is 11.5. The molecule has 2 heterocycles. The van der Waals surface area contributed by atoms with Gasteiger partial charge in [-0.25, -0.2) is 9.97 Å². The average molecular weight is 388 g/mol. The van der Waals surface area contributed by atoms with Gasteiger partial charge in [0.05, 0.1) is 31.8 Å². The molecular formula is C18H20N4O6. The van der Waals surface area contributed by atoms with Crippen molar-refractivity contribution in [2.24, 2.45) is 0 Å². The molecule has 1 atom stereocenters. The van der Waals surface area contributed by atoms with Crippen LogP contribution in [-0.2, 0) is 0 Å². The minimum Gasteiger partial charge on any atom is -0.493 e. The standard InChI is InChI=1S/C18H20N4O6/c1-26-15-9-13(14(22(24)25)10-16(15)27-2)17(23)21-8-3-5-12(11-21)28-18-19-6-4-7-20-18/h4,6-7,9-10,12H,3,5,8,11H2,1-2H3. The smallest absolute Gasteiger partial charge is 0.316 e. The van der Waals surface area contributed by atoms with Gasteiger partial charge < -0.3 is 19.1 Å². The van der Waals surface area contributed by atoms with Crippen molar-refractivity contribution in [3.8, 4) is 17.5 Å². The molecular weight excluding hydrogens is 368 g/mol. The van der Waals surface area contributed by atoms with Crippen molar-refractivity contribution in [2.45, 2.75) is 18.9 Å². The maximum Gasteiger partial charge on any atom is 0.316 e. The fourth-order valence-electron chi connectivity index (χ4n) is 3.08. The third-order valence-corrected chi connectivity index (χ3v) is 4.41. The van der Waals surface area contributed by atoms with Gasteiger partial charge in [0, 0.05) is 25.0 Å². The molecule has 1 aromatic carbocycles. The number of aromatic nitrogens is 2. The molecule has 0 radical (unpaired) electrons. The van der Waals surface area contributed by atoms with Gasteiger partial charge in [0.1, 0.15) is 11.7 Å². The van der Waals surface area contributed by atoms with Crippen LogP contribution in [0.4, 0.5) is 5.69 Å². The molecule has 1 aromatic heterocycles. The molecule has 0 spiro atoms. The zero-order chi connectivity index (χ0) is 20.1. The first-order valence-electron chi connectivity index (χ1n) is 8.66. The van der Waals surface area contributed by atoms with Crippen molar-refractivity contribution in [3.05, 3.63) is 46.3 Å². The Morgan fingerprint density at radius 2 is 1.89 bits per heavy atom. The molecule has 1 amide bonds. The lowest BCUT2D eigenvalue weighted by Crippen LogP contribution is -2.44. The topological polar surface area (TPSA) is 117 Å². The molecule has 10 nitrogen and oxygen atoms in total. The Morgan fingerprint density at radius 1 is 1.21 bits per heavy atom. The van der Waals surface area contributed by atoms with Crippen LogP contribution in [0.3, 0.4) is 0 Å². The van der Waals surface area contributed by atoms with Crippen LogP contribution in [-0.4, -0.2) is 59.1 Å². The van der Waals surface area contributed by atoms with Crippen molar-refractivity contribution >= 4 is 11.6 Å². The Morgan fingerprint density at radius 3 is 2.54 bits per heavy atom. The van der Waals surface area contributed by atoms with Gasteiger partial charge in [0.15, 0.2) is 11.5 Å². The quantitative estimate of drug-likeness (QED) is 0.545. The first-order chi connectivity index (χ1) is 13.5. The van der Waals surface area contributed by atoms with Crippen molar-refractivity contribution in [2.75, 3.05) is 27.3 Å². The number of hydrogen-bond donors (Lipinski definition) is 0. The van der Waals surface area contributed by atoms with E-state index in [0.717, 1.165) is 6.42 Å². The summed E-state index contributed by atoms with van der Waals surface area (Å²) in [5.41, 5.74) is -0.392. The molecule has 1 aliphatic heterocycles. The summed E-state index contributed by atoms with van der Waals surface area (Å²) in [6.45, 7) is 0.752. The number of nitro benzene ring substituents is 1. The number of carbonyl (C=O) groups excluding carboxylic acids is 1. The van der Waals surface area contributed by atoms with E-state index >= 15 is 0 Å². The summed E-state index contributed by atoms with van der Waals surface area (Å²) in [7, 11) is 2.78. The normalized spacial score (nSPS) is 16.4. The molecule has 148 valence electrons. The van der Waals surface area contributed by atoms with E-state index in [9.17, 15) is 14.9 Å². The third-order valence-electron chi connectivity index (χ3n) is 4.41. The van der Waals surface area contributed by atoms with E-state index in [4.69, 9.17) is 14.2 Å². The fraction of sp³-hybridized carbons (Fsp3) is 0.389. The molecule has 2 aromatic rings. The van der Waals surface area contributed by atoms with E-state index in [1.165, 1.54) is 31.3 Å². The lowest BCUT2D eigenvalue weighted by Gasteiger charge is -2.32. The van der Waals surface area contributed by atoms with Crippen molar-refractivity contribution < 1.29 is 23.9 Å². The average Bonchev–Trinajstić information content (AvgIpc) is 2.73. The summed E-state index contributed by atoms with van der Waals surface area (Å²) in [6.07, 6.45) is 4.28. The number of carbonyl (C=O) groups is 1. The van der Waals surface area contributed by atoms with Crippen molar-refractivity contribution in [1.29, 1.82) is 0 Å². The second-order valence-corrected chi connectivity index (χ2v) is 6.15. The molecule has 0 bridgehead atoms. The summed E-state index contributed by atoms with van der Waals surface area (Å²) in [6, 6.07) is 4.45. The number of methoxy groups -OCH3 is 2. The number of benzene rings is 1. The van der Waals surface area contributed by atoms with Gasteiger partial charge in [0.25, 0.3) is 11.6 Å². The summed E-state index contributed by atoms with van der Waals surface area (Å²) in [4.78, 5) is 33.5. The van der Waals surface area contributed by atoms with E-state index in [1.54, 1.807) is 18.5 Å². The zero-order valence-corrected chi connectivity index (χ0v) is 15.5. The highest BCUT2D eigenvalue weighted by atomic mass is 16.6. The van der Waals surface area contributed by atoms with Gasteiger partial charge in [-0.05, 0) is 18.9 Å². The first-order valence-corrected chi connectivity index (χ1v) is 8.66. The molecule has 0 saturated carbocycles. The second kappa shape index (κ2) is 8.51. The predicted molar refractivity (Wildman–Crippen MR) is 97.8 cm³/mol. The Balaban J connectivity index is 1.83. The molecule has 10 heteroatoms. The van der Waals surface area contributed by atoms with E-state index in [1.807, 2.05) is 0 Å². The van der Waals surface area contributed by atoms with E-state index in [2.05, 4.69) is 9.97 Å². The number of amides is 1. The van der Waals surface area contributed by atoms with E-state index < -0.39 is 10.8 Å². The lowest BCUT2D eigenvalue weighted by molar-refractivity contribution is -0.385. The van der Waals surface area contributed by atoms with Gasteiger partial charge in [-0.3, -0.25) is 14.9 Å². The Hall–Kier alpha value is -3.43. The second-order valence-electron chi connectivity index (χ2n) is 6.15. The van der Waals surface area contributed by atoms with Gasteiger partial charge in [-0.1, -0.05) is 0 Å². The molecule has 1 fully saturated rings. The molecule has 28 heavy (non-hydrogen) atoms. The van der Waals surface area contributed by atoms with Crippen LogP contribution < -0.4 is 14.2 Å². The molecule has 0 N–H and O–H groups in total. The molecule has 1 unspecified atom stereocenters. The van der Waals surface area contributed by atoms with Crippen LogP contribution in [0.1, 0.15) is 23.2 Å². The number of likely N-dealkylation sites (tertiary alicyclic amines) is 1. The number of nitrogens with zero attached hydrogens (tertiary/aromatic N) is 4. The molecule has 1 saturated heterocycles. The third kappa shape index (κ3) is 4.11. The number of ether oxygens (including phenoxy) is 3. The lowest BCUT2D eigenvalue weighted by atomic mass is 10.1. The summed E-state index contributed by atoms with van der Waals surface area (Å²) in [5.74, 6) is -0.0271. The number of hydrogen-bond acceptors (Lipinski definition) is 8. The highest BCUT2D eigenvalue weighted by molar-refractivity contribution is 5.99. The highest BCUT2D eigenvalue weighted by Crippen LogP contribution is 2.35. The Bertz CT molecular complexity index is 861. The Kier molecular flexibility index (Phi) is 5.87. The zero-order valence-electron chi connectivity index (χ0n) is 15.5. The minimum absolute atomic E-state index is 0.0562. The maximum absolute atomic E-state index is 13.0. The fourth-order valence-corrected chi connectivity index (χ4v) is 3.08. The van der Waals surface area contributed by atoms with Crippen LogP contribution in [0.25, 0.3) is 0 Å². The molecule has 3 rings (SSSR count). The van der Waals surface area contributed by atoms with Crippen molar-refractivity contribution in [3.63, 3.8) is 0 Å². The number of piperidine rings is 1. The summed E-state index contributed by atoms with van der Waals surface area (Å²) >= 11 is 0. The van der Waals surface area contributed by atoms with Gasteiger partial charge in [-0.15, -0.1) is 0 Å². The minimum atomic E-state index is -0.606. The van der Waals surface area contributed by atoms with Crippen LogP contribution >= 0.6 is 0 Å². The van der Waals surface area contributed by atoms with Crippen LogP contribution in [0.5, 0.6) is 17.5 Å². The van der Waals surface area contributed by atoms with E-state index in [-0.39, 0.29) is 41.4 Å². The first kappa shape index (κ1) is 19.3. The highest BCUT2D eigenvalue weighted by Gasteiger charge is 2.31. The number of nitro groups is 1. The van der Waals surface area contributed by atoms with Gasteiger partial charge in [0.2, 0.25) is 0 Å². The molecule has 0 aliphatic carbocycles. The van der Waals surface area contributed by atoms with Gasteiger partial charge in [-0.2, -0.15) is 0 Å². The van der Waals surface area contributed by atoms with E-state index in [0.29, 0.717) is 13.0 Å². The van der Waals surface area contributed by atoms with Gasteiger partial charge >= 0.3 is 6.01 Å². The number of rotatable bonds is 6. The van der Waals surface area contributed by atoms with Crippen molar-refractivity contribution in [1.82, 2.24) is 14.9 Å². The maximum atomic E-state index is 13.0.